The van der Waals surface area contributed by atoms with Crippen LogP contribution < -0.4 is 0 Å². The minimum absolute atomic E-state index is 0.0796. The van der Waals surface area contributed by atoms with Gasteiger partial charge in [0.15, 0.2) is 11.4 Å². The van der Waals surface area contributed by atoms with Gasteiger partial charge in [0.05, 0.1) is 24.4 Å². The third kappa shape index (κ3) is 2.90. The monoisotopic (exact) mass is 310 g/mol. The highest BCUT2D eigenvalue weighted by Crippen LogP contribution is 2.28. The lowest BCUT2D eigenvalue weighted by molar-refractivity contribution is -0.142. The Labute approximate surface area is 134 Å². The first-order valence-electron chi connectivity index (χ1n) is 7.51. The fraction of sp³-hybridized carbons (Fsp3) is 0.222. The Morgan fingerprint density at radius 2 is 2.00 bits per heavy atom. The van der Waals surface area contributed by atoms with E-state index in [0.29, 0.717) is 23.6 Å². The predicted molar refractivity (Wildman–Crippen MR) is 87.4 cm³/mol. The van der Waals surface area contributed by atoms with E-state index in [1.165, 1.54) is 0 Å². The number of nitrogens with zero attached hydrogens (tertiary/aromatic N) is 2. The summed E-state index contributed by atoms with van der Waals surface area (Å²) in [5.74, 6) is -0.234. The molecule has 2 heterocycles. The van der Waals surface area contributed by atoms with Gasteiger partial charge in [0.1, 0.15) is 0 Å². The van der Waals surface area contributed by atoms with Crippen molar-refractivity contribution in [1.29, 1.82) is 0 Å². The molecule has 0 bridgehead atoms. The topological polar surface area (TPSA) is 63.8 Å². The summed E-state index contributed by atoms with van der Waals surface area (Å²) in [5, 5.41) is 10.0. The van der Waals surface area contributed by atoms with E-state index in [1.54, 1.807) is 29.7 Å². The normalized spacial score (nSPS) is 10.9. The minimum atomic E-state index is -0.314. The van der Waals surface area contributed by atoms with Gasteiger partial charge in [-0.25, -0.2) is 4.98 Å². The van der Waals surface area contributed by atoms with Crippen molar-refractivity contribution in [2.45, 2.75) is 20.3 Å². The van der Waals surface area contributed by atoms with Gasteiger partial charge in [-0.05, 0) is 26.0 Å². The van der Waals surface area contributed by atoms with Gasteiger partial charge in [-0.3, -0.25) is 9.20 Å². The maximum atomic E-state index is 12.0. The highest BCUT2D eigenvalue weighted by atomic mass is 16.5. The van der Waals surface area contributed by atoms with E-state index in [2.05, 4.69) is 4.98 Å². The van der Waals surface area contributed by atoms with Crippen LogP contribution in [0.1, 0.15) is 18.2 Å². The SMILES string of the molecule is CCOC(=O)Cc1c(-c2ccc(C)cc2)nc2c(O)cccn12. The molecule has 0 amide bonds. The van der Waals surface area contributed by atoms with E-state index in [-0.39, 0.29) is 18.1 Å². The number of aryl methyl sites for hydroxylation is 1. The van der Waals surface area contributed by atoms with Crippen LogP contribution in [0.5, 0.6) is 5.75 Å². The second-order valence-electron chi connectivity index (χ2n) is 5.34. The number of pyridine rings is 1. The van der Waals surface area contributed by atoms with Crippen LogP contribution in [0.4, 0.5) is 0 Å². The van der Waals surface area contributed by atoms with Crippen molar-refractivity contribution in [3.05, 3.63) is 53.9 Å². The van der Waals surface area contributed by atoms with Crippen LogP contribution in [-0.4, -0.2) is 27.1 Å². The van der Waals surface area contributed by atoms with Gasteiger partial charge in [-0.2, -0.15) is 0 Å². The van der Waals surface area contributed by atoms with Gasteiger partial charge < -0.3 is 9.84 Å². The molecule has 0 aliphatic rings. The maximum Gasteiger partial charge on any atom is 0.311 e. The van der Waals surface area contributed by atoms with Gasteiger partial charge in [-0.1, -0.05) is 29.8 Å². The van der Waals surface area contributed by atoms with Gasteiger partial charge in [0.25, 0.3) is 0 Å². The summed E-state index contributed by atoms with van der Waals surface area (Å²) >= 11 is 0. The summed E-state index contributed by atoms with van der Waals surface area (Å²) in [6.45, 7) is 4.12. The summed E-state index contributed by atoms with van der Waals surface area (Å²) in [7, 11) is 0. The molecule has 1 N–H and O–H groups in total. The van der Waals surface area contributed by atoms with Crippen LogP contribution in [0.2, 0.25) is 0 Å². The fourth-order valence-corrected chi connectivity index (χ4v) is 2.56. The molecule has 23 heavy (non-hydrogen) atoms. The van der Waals surface area contributed by atoms with Crippen LogP contribution in [-0.2, 0) is 16.0 Å². The van der Waals surface area contributed by atoms with E-state index in [1.807, 2.05) is 31.2 Å². The quantitative estimate of drug-likeness (QED) is 0.752. The fourth-order valence-electron chi connectivity index (χ4n) is 2.56. The first kappa shape index (κ1) is 15.1. The Bertz CT molecular complexity index is 851. The number of fused-ring (bicyclic) bond motifs is 1. The van der Waals surface area contributed by atoms with Gasteiger partial charge in [-0.15, -0.1) is 0 Å². The van der Waals surface area contributed by atoms with Gasteiger partial charge in [0.2, 0.25) is 0 Å². The Hall–Kier alpha value is -2.82. The average molecular weight is 310 g/mol. The van der Waals surface area contributed by atoms with Gasteiger partial charge in [0, 0.05) is 11.8 Å². The molecule has 3 aromatic rings. The molecule has 0 spiro atoms. The van der Waals surface area contributed by atoms with Crippen LogP contribution in [0.15, 0.2) is 42.6 Å². The number of carbonyl (C=O) groups excluding carboxylic acids is 1. The molecule has 0 aliphatic carbocycles. The number of aromatic hydroxyl groups is 1. The zero-order valence-corrected chi connectivity index (χ0v) is 13.1. The number of benzene rings is 1. The van der Waals surface area contributed by atoms with Crippen LogP contribution in [0, 0.1) is 6.92 Å². The number of carbonyl (C=O) groups is 1. The number of rotatable bonds is 4. The van der Waals surface area contributed by atoms with Gasteiger partial charge >= 0.3 is 5.97 Å². The number of hydrogen-bond donors (Lipinski definition) is 1. The largest absolute Gasteiger partial charge is 0.504 e. The van der Waals surface area contributed by atoms with Crippen molar-refractivity contribution >= 4 is 11.6 Å². The highest BCUT2D eigenvalue weighted by molar-refractivity contribution is 5.78. The Balaban J connectivity index is 2.17. The molecule has 118 valence electrons. The molecule has 2 aromatic heterocycles. The molecule has 0 aliphatic heterocycles. The Morgan fingerprint density at radius 3 is 2.70 bits per heavy atom. The van der Waals surface area contributed by atoms with E-state index >= 15 is 0 Å². The lowest BCUT2D eigenvalue weighted by atomic mass is 10.1. The molecule has 5 nitrogen and oxygen atoms in total. The third-order valence-corrected chi connectivity index (χ3v) is 3.67. The summed E-state index contributed by atoms with van der Waals surface area (Å²) in [5.41, 5.74) is 3.87. The molecule has 0 radical (unpaired) electrons. The number of aromatic nitrogens is 2. The van der Waals surface area contributed by atoms with Crippen LogP contribution in [0.25, 0.3) is 16.9 Å². The second-order valence-corrected chi connectivity index (χ2v) is 5.34. The molecule has 0 saturated heterocycles. The van der Waals surface area contributed by atoms with E-state index in [9.17, 15) is 9.90 Å². The predicted octanol–water partition coefficient (Wildman–Crippen LogP) is 3.12. The number of ether oxygens (including phenoxy) is 1. The minimum Gasteiger partial charge on any atom is -0.504 e. The third-order valence-electron chi connectivity index (χ3n) is 3.67. The summed E-state index contributed by atoms with van der Waals surface area (Å²) in [6.07, 6.45) is 1.88. The highest BCUT2D eigenvalue weighted by Gasteiger charge is 2.19. The lowest BCUT2D eigenvalue weighted by Crippen LogP contribution is -2.10. The molecule has 0 atom stereocenters. The van der Waals surface area contributed by atoms with Crippen molar-refractivity contribution in [3.8, 4) is 17.0 Å². The first-order chi connectivity index (χ1) is 11.1. The van der Waals surface area contributed by atoms with E-state index < -0.39 is 0 Å². The molecular formula is C18H18N2O3. The maximum absolute atomic E-state index is 12.0. The molecule has 0 unspecified atom stereocenters. The summed E-state index contributed by atoms with van der Waals surface area (Å²) < 4.78 is 6.80. The van der Waals surface area contributed by atoms with Crippen LogP contribution in [0.3, 0.4) is 0 Å². The number of hydrogen-bond acceptors (Lipinski definition) is 4. The zero-order valence-electron chi connectivity index (χ0n) is 13.1. The van der Waals surface area contributed by atoms with Crippen molar-refractivity contribution in [1.82, 2.24) is 9.38 Å². The Morgan fingerprint density at radius 1 is 1.26 bits per heavy atom. The first-order valence-corrected chi connectivity index (χ1v) is 7.51. The second kappa shape index (κ2) is 6.12. The molecule has 1 aromatic carbocycles. The zero-order chi connectivity index (χ0) is 16.4. The van der Waals surface area contributed by atoms with E-state index in [0.717, 1.165) is 11.1 Å². The smallest absolute Gasteiger partial charge is 0.311 e. The van der Waals surface area contributed by atoms with Crippen molar-refractivity contribution < 1.29 is 14.6 Å². The lowest BCUT2D eigenvalue weighted by Gasteiger charge is -2.06. The number of esters is 1. The standard InChI is InChI=1S/C18H18N2O3/c1-3-23-16(22)11-14-17(13-8-6-12(2)7-9-13)19-18-15(21)5-4-10-20(14)18/h4-10,21H,3,11H2,1-2H3. The van der Waals surface area contributed by atoms with Crippen molar-refractivity contribution in [2.24, 2.45) is 0 Å². The van der Waals surface area contributed by atoms with Crippen molar-refractivity contribution in [2.75, 3.05) is 6.61 Å². The number of imidazole rings is 1. The van der Waals surface area contributed by atoms with Crippen LogP contribution >= 0.6 is 0 Å². The molecule has 0 fully saturated rings. The summed E-state index contributed by atoms with van der Waals surface area (Å²) in [4.78, 5) is 16.5. The molecular weight excluding hydrogens is 292 g/mol. The molecule has 3 rings (SSSR count). The van der Waals surface area contributed by atoms with Crippen molar-refractivity contribution in [3.63, 3.8) is 0 Å². The molecule has 0 saturated carbocycles. The summed E-state index contributed by atoms with van der Waals surface area (Å²) in [6, 6.07) is 11.2. The van der Waals surface area contributed by atoms with E-state index in [4.69, 9.17) is 4.74 Å². The average Bonchev–Trinajstić information content (AvgIpc) is 2.89. The molecule has 5 heteroatoms. The Kier molecular flexibility index (Phi) is 4.02.